The lowest BCUT2D eigenvalue weighted by molar-refractivity contribution is -0.386. The number of rotatable bonds is 6. The molecule has 0 saturated carbocycles. The number of carboxylic acid groups (broad SMARTS) is 2. The zero-order valence-corrected chi connectivity index (χ0v) is 14.9. The normalized spacial score (nSPS) is 10.4. The molecule has 2 aromatic heterocycles. The van der Waals surface area contributed by atoms with Crippen LogP contribution in [0.4, 0.5) is 11.5 Å². The fourth-order valence-electron chi connectivity index (χ4n) is 2.74. The van der Waals surface area contributed by atoms with Crippen LogP contribution in [0.5, 0.6) is 11.6 Å². The summed E-state index contributed by atoms with van der Waals surface area (Å²) in [5.74, 6) is -3.85. The van der Waals surface area contributed by atoms with Crippen molar-refractivity contribution in [2.24, 2.45) is 0 Å². The molecule has 0 amide bonds. The standard InChI is InChI=1S/C18H12N4O8/c19-14-12(17(24)25)11(13(18(26)27)15(23)21-14)8-3-5-9(6-4-8)30-16-10(22(28)29)2-1-7-20-16/h1-7H,(H,24,25)(H,26,27)(H3,19,21,23). The smallest absolute Gasteiger partial charge is 0.342 e. The number of nitrogens with zero attached hydrogens (tertiary/aromatic N) is 2. The minimum Gasteiger partial charge on any atom is -0.478 e. The second-order valence-corrected chi connectivity index (χ2v) is 5.81. The zero-order chi connectivity index (χ0) is 22.0. The van der Waals surface area contributed by atoms with Gasteiger partial charge in [-0.1, -0.05) is 12.1 Å². The van der Waals surface area contributed by atoms with E-state index >= 15 is 0 Å². The van der Waals surface area contributed by atoms with E-state index in [-0.39, 0.29) is 28.4 Å². The summed E-state index contributed by atoms with van der Waals surface area (Å²) in [7, 11) is 0. The van der Waals surface area contributed by atoms with Crippen LogP contribution < -0.4 is 16.0 Å². The number of pyridine rings is 2. The molecule has 0 aliphatic carbocycles. The van der Waals surface area contributed by atoms with Crippen LogP contribution in [0.2, 0.25) is 0 Å². The van der Waals surface area contributed by atoms with Crippen LogP contribution in [0.1, 0.15) is 20.7 Å². The van der Waals surface area contributed by atoms with Crippen molar-refractivity contribution in [3.05, 3.63) is 74.2 Å². The molecule has 12 nitrogen and oxygen atoms in total. The van der Waals surface area contributed by atoms with Crippen LogP contribution in [0.15, 0.2) is 47.4 Å². The number of benzene rings is 1. The Hall–Kier alpha value is -4.74. The van der Waals surface area contributed by atoms with Gasteiger partial charge in [0.1, 0.15) is 22.7 Å². The summed E-state index contributed by atoms with van der Waals surface area (Å²) in [5, 5.41) is 29.9. The number of aromatic carboxylic acids is 2. The maximum Gasteiger partial charge on any atom is 0.342 e. The van der Waals surface area contributed by atoms with Gasteiger partial charge in [0, 0.05) is 17.8 Å². The van der Waals surface area contributed by atoms with Gasteiger partial charge in [-0.15, -0.1) is 0 Å². The van der Waals surface area contributed by atoms with Gasteiger partial charge < -0.3 is 25.7 Å². The second kappa shape index (κ2) is 7.71. The first-order valence-electron chi connectivity index (χ1n) is 8.10. The minimum atomic E-state index is -1.64. The fourth-order valence-corrected chi connectivity index (χ4v) is 2.74. The number of aromatic amines is 1. The van der Waals surface area contributed by atoms with Crippen molar-refractivity contribution < 1.29 is 29.5 Å². The van der Waals surface area contributed by atoms with E-state index in [9.17, 15) is 34.7 Å². The highest BCUT2D eigenvalue weighted by atomic mass is 16.6. The third-order valence-corrected chi connectivity index (χ3v) is 3.98. The summed E-state index contributed by atoms with van der Waals surface area (Å²) >= 11 is 0. The Morgan fingerprint density at radius 2 is 1.73 bits per heavy atom. The highest BCUT2D eigenvalue weighted by Crippen LogP contribution is 2.33. The molecule has 152 valence electrons. The van der Waals surface area contributed by atoms with Crippen LogP contribution in [-0.2, 0) is 0 Å². The average Bonchev–Trinajstić information content (AvgIpc) is 2.67. The quantitative estimate of drug-likeness (QED) is 0.343. The summed E-state index contributed by atoms with van der Waals surface area (Å²) in [6.07, 6.45) is 1.30. The van der Waals surface area contributed by atoms with Crippen molar-refractivity contribution in [3.8, 4) is 22.8 Å². The van der Waals surface area contributed by atoms with E-state index in [0.29, 0.717) is 0 Å². The molecule has 12 heteroatoms. The molecule has 0 fully saturated rings. The third kappa shape index (κ3) is 3.64. The molecule has 0 saturated heterocycles. The lowest BCUT2D eigenvalue weighted by Gasteiger charge is -2.12. The maximum absolute atomic E-state index is 12.1. The summed E-state index contributed by atoms with van der Waals surface area (Å²) in [6.45, 7) is 0. The maximum atomic E-state index is 12.1. The Morgan fingerprint density at radius 3 is 2.30 bits per heavy atom. The van der Waals surface area contributed by atoms with Gasteiger partial charge in [-0.05, 0) is 23.8 Å². The SMILES string of the molecule is Nc1[nH]c(=O)c(C(=O)O)c(-c2ccc(Oc3ncccc3[N+](=O)[O-])cc2)c1C(=O)O. The number of H-pyrrole nitrogens is 1. The van der Waals surface area contributed by atoms with Crippen molar-refractivity contribution in [2.75, 3.05) is 5.73 Å². The summed E-state index contributed by atoms with van der Waals surface area (Å²) in [5.41, 5.74) is 2.44. The van der Waals surface area contributed by atoms with Crippen LogP contribution >= 0.6 is 0 Å². The molecule has 0 unspecified atom stereocenters. The van der Waals surface area contributed by atoms with Gasteiger partial charge in [-0.2, -0.15) is 0 Å². The fraction of sp³-hybridized carbons (Fsp3) is 0. The number of ether oxygens (including phenoxy) is 1. The van der Waals surface area contributed by atoms with Crippen molar-refractivity contribution in [1.82, 2.24) is 9.97 Å². The Labute approximate surface area is 166 Å². The Bertz CT molecular complexity index is 1230. The molecule has 0 bridgehead atoms. The van der Waals surface area contributed by atoms with E-state index in [2.05, 4.69) is 4.98 Å². The Balaban J connectivity index is 2.10. The summed E-state index contributed by atoms with van der Waals surface area (Å²) < 4.78 is 5.39. The lowest BCUT2D eigenvalue weighted by atomic mass is 9.95. The number of nitrogens with two attached hydrogens (primary N) is 1. The van der Waals surface area contributed by atoms with Crippen molar-refractivity contribution in [1.29, 1.82) is 0 Å². The van der Waals surface area contributed by atoms with E-state index in [1.54, 1.807) is 0 Å². The van der Waals surface area contributed by atoms with Crippen molar-refractivity contribution >= 4 is 23.4 Å². The number of anilines is 1. The molecule has 30 heavy (non-hydrogen) atoms. The van der Waals surface area contributed by atoms with Gasteiger partial charge in [0.05, 0.1) is 4.92 Å². The Morgan fingerprint density at radius 1 is 1.10 bits per heavy atom. The van der Waals surface area contributed by atoms with Crippen LogP contribution in [0.3, 0.4) is 0 Å². The predicted octanol–water partition coefficient (Wildman–Crippen LogP) is 2.12. The van der Waals surface area contributed by atoms with Crippen LogP contribution in [0.25, 0.3) is 11.1 Å². The number of nitrogens with one attached hydrogen (secondary N) is 1. The molecule has 0 aliphatic heterocycles. The molecule has 0 atom stereocenters. The first-order chi connectivity index (χ1) is 14.2. The van der Waals surface area contributed by atoms with Gasteiger partial charge in [0.15, 0.2) is 0 Å². The van der Waals surface area contributed by atoms with Crippen LogP contribution in [0, 0.1) is 10.1 Å². The molecule has 0 spiro atoms. The van der Waals surface area contributed by atoms with E-state index in [1.807, 2.05) is 4.98 Å². The largest absolute Gasteiger partial charge is 0.478 e. The van der Waals surface area contributed by atoms with Crippen molar-refractivity contribution in [3.63, 3.8) is 0 Å². The van der Waals surface area contributed by atoms with Gasteiger partial charge >= 0.3 is 17.6 Å². The molecule has 0 radical (unpaired) electrons. The lowest BCUT2D eigenvalue weighted by Crippen LogP contribution is -2.24. The predicted molar refractivity (Wildman–Crippen MR) is 102 cm³/mol. The number of carbonyl (C=O) groups is 2. The number of nitro groups is 1. The highest BCUT2D eigenvalue weighted by Gasteiger charge is 2.26. The average molecular weight is 412 g/mol. The zero-order valence-electron chi connectivity index (χ0n) is 14.9. The van der Waals surface area contributed by atoms with E-state index in [4.69, 9.17) is 10.5 Å². The molecule has 5 N–H and O–H groups in total. The first kappa shape index (κ1) is 20.0. The van der Waals surface area contributed by atoms with Gasteiger partial charge in [-0.25, -0.2) is 14.6 Å². The molecule has 1 aromatic carbocycles. The molecule has 2 heterocycles. The van der Waals surface area contributed by atoms with Gasteiger partial charge in [0.2, 0.25) is 0 Å². The number of nitrogen functional groups attached to an aromatic ring is 1. The van der Waals surface area contributed by atoms with E-state index in [0.717, 1.165) is 0 Å². The van der Waals surface area contributed by atoms with E-state index in [1.165, 1.54) is 42.6 Å². The second-order valence-electron chi connectivity index (χ2n) is 5.81. The topological polar surface area (TPSA) is 199 Å². The highest BCUT2D eigenvalue weighted by molar-refractivity contribution is 6.07. The molecule has 3 rings (SSSR count). The number of hydrogen-bond donors (Lipinski definition) is 4. The molecule has 3 aromatic rings. The summed E-state index contributed by atoms with van der Waals surface area (Å²) in [4.78, 5) is 51.4. The summed E-state index contributed by atoms with van der Waals surface area (Å²) in [6, 6.07) is 7.76. The molecule has 0 aliphatic rings. The van der Waals surface area contributed by atoms with E-state index < -0.39 is 39.4 Å². The minimum absolute atomic E-state index is 0.0606. The Kier molecular flexibility index (Phi) is 5.14. The molecular formula is C18H12N4O8. The van der Waals surface area contributed by atoms with Gasteiger partial charge in [0.25, 0.3) is 11.4 Å². The number of hydrogen-bond acceptors (Lipinski definition) is 8. The molecular weight excluding hydrogens is 400 g/mol. The van der Waals surface area contributed by atoms with Gasteiger partial charge in [-0.3, -0.25) is 14.9 Å². The first-order valence-corrected chi connectivity index (χ1v) is 8.10. The van der Waals surface area contributed by atoms with Crippen molar-refractivity contribution in [2.45, 2.75) is 0 Å². The number of carboxylic acids is 2. The monoisotopic (exact) mass is 412 g/mol. The number of aromatic nitrogens is 2. The van der Waals surface area contributed by atoms with Crippen LogP contribution in [-0.4, -0.2) is 37.0 Å². The third-order valence-electron chi connectivity index (χ3n) is 3.98.